The lowest BCUT2D eigenvalue weighted by Gasteiger charge is -2.49. The maximum atomic E-state index is 13.3. The summed E-state index contributed by atoms with van der Waals surface area (Å²) in [6.45, 7) is 0.803. The van der Waals surface area contributed by atoms with Gasteiger partial charge in [-0.25, -0.2) is 8.78 Å². The van der Waals surface area contributed by atoms with Crippen molar-refractivity contribution in [3.8, 4) is 0 Å². The van der Waals surface area contributed by atoms with Crippen molar-refractivity contribution in [1.29, 1.82) is 0 Å². The van der Waals surface area contributed by atoms with E-state index in [-0.39, 0.29) is 5.41 Å². The van der Waals surface area contributed by atoms with Gasteiger partial charge in [-0.3, -0.25) is 0 Å². The summed E-state index contributed by atoms with van der Waals surface area (Å²) in [4.78, 5) is 0. The van der Waals surface area contributed by atoms with Crippen LogP contribution in [0, 0.1) is 17.0 Å². The van der Waals surface area contributed by atoms with Gasteiger partial charge in [0.15, 0.2) is 0 Å². The van der Waals surface area contributed by atoms with Crippen molar-refractivity contribution in [3.63, 3.8) is 0 Å². The molecular weight excluding hydrogens is 220 g/mol. The van der Waals surface area contributed by atoms with E-state index in [1.54, 1.807) is 0 Å². The molecular formula is C14H17F2N. The number of likely N-dealkylation sites (N-methyl/N-ethyl adjacent to an activating group) is 1. The first-order chi connectivity index (χ1) is 8.07. The van der Waals surface area contributed by atoms with Crippen molar-refractivity contribution in [1.82, 2.24) is 5.32 Å². The second-order valence-electron chi connectivity index (χ2n) is 5.82. The smallest absolute Gasteiger partial charge is 0.126 e. The molecule has 0 heterocycles. The first-order valence-electron chi connectivity index (χ1n) is 6.19. The van der Waals surface area contributed by atoms with Gasteiger partial charge in [-0.2, -0.15) is 0 Å². The van der Waals surface area contributed by atoms with E-state index in [2.05, 4.69) is 5.32 Å². The summed E-state index contributed by atoms with van der Waals surface area (Å²) in [5.41, 5.74) is 1.29. The predicted molar refractivity (Wildman–Crippen MR) is 62.9 cm³/mol. The van der Waals surface area contributed by atoms with Crippen LogP contribution < -0.4 is 5.32 Å². The number of benzene rings is 1. The summed E-state index contributed by atoms with van der Waals surface area (Å²) in [5.74, 6) is -0.931. The molecule has 2 fully saturated rings. The standard InChI is InChI=1S/C14H17F2N/c1-17-9-14(7-13(8-14)2-3-13)10-4-11(15)6-12(16)5-10/h4-6,17H,2-3,7-9H2,1H3. The maximum absolute atomic E-state index is 13.3. The predicted octanol–water partition coefficient (Wildman–Crippen LogP) is 3.00. The van der Waals surface area contributed by atoms with Gasteiger partial charge >= 0.3 is 0 Å². The molecule has 1 spiro atoms. The topological polar surface area (TPSA) is 12.0 Å². The highest BCUT2D eigenvalue weighted by atomic mass is 19.1. The molecule has 0 unspecified atom stereocenters. The molecule has 1 nitrogen and oxygen atoms in total. The number of rotatable bonds is 3. The zero-order chi connectivity index (χ0) is 12.1. The van der Waals surface area contributed by atoms with Crippen LogP contribution >= 0.6 is 0 Å². The average molecular weight is 237 g/mol. The molecule has 0 bridgehead atoms. The van der Waals surface area contributed by atoms with Gasteiger partial charge < -0.3 is 5.32 Å². The fourth-order valence-corrected chi connectivity index (χ4v) is 3.54. The quantitative estimate of drug-likeness (QED) is 0.852. The zero-order valence-electron chi connectivity index (χ0n) is 10.0. The normalized spacial score (nSPS) is 23.5. The molecule has 2 saturated carbocycles. The molecule has 0 amide bonds. The van der Waals surface area contributed by atoms with Crippen molar-refractivity contribution in [3.05, 3.63) is 35.4 Å². The van der Waals surface area contributed by atoms with Gasteiger partial charge in [0.1, 0.15) is 11.6 Å². The molecule has 0 saturated heterocycles. The molecule has 17 heavy (non-hydrogen) atoms. The number of halogens is 2. The molecule has 1 aromatic carbocycles. The molecule has 92 valence electrons. The van der Waals surface area contributed by atoms with Crippen LogP contribution in [-0.4, -0.2) is 13.6 Å². The molecule has 0 aromatic heterocycles. The molecule has 3 rings (SSSR count). The Morgan fingerprint density at radius 1 is 1.12 bits per heavy atom. The Bertz CT molecular complexity index is 423. The molecule has 3 heteroatoms. The van der Waals surface area contributed by atoms with Crippen LogP contribution in [0.3, 0.4) is 0 Å². The number of hydrogen-bond acceptors (Lipinski definition) is 1. The molecule has 2 aliphatic carbocycles. The van der Waals surface area contributed by atoms with Crippen LogP contribution in [0.5, 0.6) is 0 Å². The summed E-state index contributed by atoms with van der Waals surface area (Å²) in [7, 11) is 1.90. The first-order valence-corrected chi connectivity index (χ1v) is 6.19. The lowest BCUT2D eigenvalue weighted by molar-refractivity contribution is 0.118. The SMILES string of the molecule is CNCC1(c2cc(F)cc(F)c2)CC2(CC2)C1. The zero-order valence-corrected chi connectivity index (χ0v) is 10.0. The monoisotopic (exact) mass is 237 g/mol. The van der Waals surface area contributed by atoms with Gasteiger partial charge in [-0.15, -0.1) is 0 Å². The molecule has 1 N–H and O–H groups in total. The Hall–Kier alpha value is -0.960. The minimum Gasteiger partial charge on any atom is -0.319 e. The fourth-order valence-electron chi connectivity index (χ4n) is 3.54. The third-order valence-electron chi connectivity index (χ3n) is 4.37. The van der Waals surface area contributed by atoms with Crippen molar-refractivity contribution in [2.24, 2.45) is 5.41 Å². The fraction of sp³-hybridized carbons (Fsp3) is 0.571. The molecule has 1 aromatic rings. The summed E-state index contributed by atoms with van der Waals surface area (Å²) in [6, 6.07) is 3.94. The Kier molecular flexibility index (Phi) is 2.31. The van der Waals surface area contributed by atoms with E-state index in [0.717, 1.165) is 31.0 Å². The van der Waals surface area contributed by atoms with E-state index < -0.39 is 11.6 Å². The summed E-state index contributed by atoms with van der Waals surface area (Å²) >= 11 is 0. The van der Waals surface area contributed by atoms with Crippen molar-refractivity contribution < 1.29 is 8.78 Å². The van der Waals surface area contributed by atoms with Gasteiger partial charge in [-0.05, 0) is 55.8 Å². The highest BCUT2D eigenvalue weighted by Crippen LogP contribution is 2.68. The second kappa shape index (κ2) is 3.52. The second-order valence-corrected chi connectivity index (χ2v) is 5.82. The largest absolute Gasteiger partial charge is 0.319 e. The van der Waals surface area contributed by atoms with Gasteiger partial charge in [0.25, 0.3) is 0 Å². The lowest BCUT2D eigenvalue weighted by Crippen LogP contribution is -2.49. The molecule has 0 radical (unpaired) electrons. The van der Waals surface area contributed by atoms with Crippen molar-refractivity contribution >= 4 is 0 Å². The van der Waals surface area contributed by atoms with Crippen LogP contribution in [-0.2, 0) is 5.41 Å². The third-order valence-corrected chi connectivity index (χ3v) is 4.37. The highest BCUT2D eigenvalue weighted by molar-refractivity contribution is 5.34. The van der Waals surface area contributed by atoms with Crippen LogP contribution in [0.4, 0.5) is 8.78 Å². The average Bonchev–Trinajstić information content (AvgIpc) is 2.95. The van der Waals surface area contributed by atoms with E-state index >= 15 is 0 Å². The number of nitrogens with one attached hydrogen (secondary N) is 1. The van der Waals surface area contributed by atoms with Gasteiger partial charge in [0.2, 0.25) is 0 Å². The Balaban J connectivity index is 1.93. The van der Waals surface area contributed by atoms with Crippen molar-refractivity contribution in [2.75, 3.05) is 13.6 Å². The van der Waals surface area contributed by atoms with E-state index in [1.807, 2.05) is 7.05 Å². The maximum Gasteiger partial charge on any atom is 0.126 e. The van der Waals surface area contributed by atoms with Crippen LogP contribution in [0.1, 0.15) is 31.2 Å². The van der Waals surface area contributed by atoms with Crippen molar-refractivity contribution in [2.45, 2.75) is 31.1 Å². The van der Waals surface area contributed by atoms with E-state index in [1.165, 1.54) is 25.0 Å². The Morgan fingerprint density at radius 2 is 1.71 bits per heavy atom. The van der Waals surface area contributed by atoms with E-state index in [4.69, 9.17) is 0 Å². The van der Waals surface area contributed by atoms with Crippen LogP contribution in [0.2, 0.25) is 0 Å². The minimum absolute atomic E-state index is 0.0474. The third kappa shape index (κ3) is 1.77. The van der Waals surface area contributed by atoms with E-state index in [9.17, 15) is 8.78 Å². The molecule has 2 aliphatic rings. The summed E-state index contributed by atoms with van der Waals surface area (Å²) in [6.07, 6.45) is 4.72. The highest BCUT2D eigenvalue weighted by Gasteiger charge is 2.60. The van der Waals surface area contributed by atoms with Gasteiger partial charge in [0, 0.05) is 18.0 Å². The van der Waals surface area contributed by atoms with Gasteiger partial charge in [0.05, 0.1) is 0 Å². The summed E-state index contributed by atoms with van der Waals surface area (Å²) in [5, 5.41) is 3.17. The van der Waals surface area contributed by atoms with Crippen LogP contribution in [0.15, 0.2) is 18.2 Å². The molecule has 0 aliphatic heterocycles. The number of hydrogen-bond donors (Lipinski definition) is 1. The lowest BCUT2D eigenvalue weighted by atomic mass is 9.56. The van der Waals surface area contributed by atoms with Gasteiger partial charge in [-0.1, -0.05) is 0 Å². The molecule has 0 atom stereocenters. The minimum atomic E-state index is -0.466. The Morgan fingerprint density at radius 3 is 2.18 bits per heavy atom. The Labute approximate surface area is 100 Å². The van der Waals surface area contributed by atoms with E-state index in [0.29, 0.717) is 5.41 Å². The van der Waals surface area contributed by atoms with Crippen LogP contribution in [0.25, 0.3) is 0 Å². The summed E-state index contributed by atoms with van der Waals surface area (Å²) < 4.78 is 26.6. The first kappa shape index (κ1) is 11.1.